The normalized spacial score (nSPS) is 11.7. The number of nitrogens with one attached hydrogen (secondary N) is 1. The molecule has 0 fully saturated rings. The molecule has 2 aromatic rings. The summed E-state index contributed by atoms with van der Waals surface area (Å²) in [6.45, 7) is 7.85. The van der Waals surface area contributed by atoms with Crippen molar-refractivity contribution in [3.8, 4) is 0 Å². The third-order valence-corrected chi connectivity index (χ3v) is 6.80. The monoisotopic (exact) mass is 429 g/mol. The predicted octanol–water partition coefficient (Wildman–Crippen LogP) is 4.29. The van der Waals surface area contributed by atoms with E-state index < -0.39 is 15.9 Å². The van der Waals surface area contributed by atoms with E-state index in [1.807, 2.05) is 0 Å². The summed E-state index contributed by atoms with van der Waals surface area (Å²) < 4.78 is 27.0. The Balaban J connectivity index is 2.47. The Kier molecular flexibility index (Phi) is 6.86. The minimum Gasteiger partial charge on any atom is -0.320 e. The summed E-state index contributed by atoms with van der Waals surface area (Å²) in [6, 6.07) is 6.01. The fourth-order valence-corrected chi connectivity index (χ4v) is 4.49. The van der Waals surface area contributed by atoms with Gasteiger partial charge < -0.3 is 5.32 Å². The lowest BCUT2D eigenvalue weighted by Gasteiger charge is -2.20. The topological polar surface area (TPSA) is 79.4 Å². The quantitative estimate of drug-likeness (QED) is 0.694. The van der Waals surface area contributed by atoms with Crippen molar-refractivity contribution in [3.05, 3.63) is 51.3 Å². The molecule has 0 saturated heterocycles. The summed E-state index contributed by atoms with van der Waals surface area (Å²) in [7, 11) is -3.66. The predicted molar refractivity (Wildman–Crippen MR) is 108 cm³/mol. The Hall–Kier alpha value is -1.67. The molecule has 0 unspecified atom stereocenters. The molecule has 2 rings (SSSR count). The van der Waals surface area contributed by atoms with Crippen LogP contribution in [0.15, 0.2) is 29.2 Å². The first-order valence-electron chi connectivity index (χ1n) is 8.36. The number of pyridine rings is 1. The fraction of sp³-hybridized carbons (Fsp3) is 0.333. The standard InChI is InChI=1S/C18H21Cl2N3O3S/c1-5-23(6-2)27(25,26)13-9-11(3)12(4)15(10-13)21-18(24)17-14(19)7-8-16(20)22-17/h7-10H,5-6H2,1-4H3,(H,21,24). The van der Waals surface area contributed by atoms with Gasteiger partial charge in [0.1, 0.15) is 10.8 Å². The average molecular weight is 430 g/mol. The minimum absolute atomic E-state index is 0.0294. The Morgan fingerprint density at radius 2 is 1.78 bits per heavy atom. The first-order valence-corrected chi connectivity index (χ1v) is 10.6. The van der Waals surface area contributed by atoms with Crippen LogP contribution >= 0.6 is 23.2 Å². The second kappa shape index (κ2) is 8.56. The summed E-state index contributed by atoms with van der Waals surface area (Å²) in [5.74, 6) is -0.567. The molecule has 0 saturated carbocycles. The summed E-state index contributed by atoms with van der Waals surface area (Å²) in [5.41, 5.74) is 1.84. The van der Waals surface area contributed by atoms with Crippen LogP contribution in [-0.2, 0) is 10.0 Å². The first kappa shape index (κ1) is 21.6. The number of aryl methyl sites for hydroxylation is 1. The molecule has 1 heterocycles. The molecule has 27 heavy (non-hydrogen) atoms. The molecule has 0 aliphatic carbocycles. The van der Waals surface area contributed by atoms with Gasteiger partial charge in [0.15, 0.2) is 0 Å². The number of hydrogen-bond donors (Lipinski definition) is 1. The summed E-state index contributed by atoms with van der Waals surface area (Å²) in [4.78, 5) is 16.6. The summed E-state index contributed by atoms with van der Waals surface area (Å²) >= 11 is 11.9. The van der Waals surface area contributed by atoms with E-state index in [0.29, 0.717) is 18.8 Å². The van der Waals surface area contributed by atoms with Gasteiger partial charge in [-0.25, -0.2) is 13.4 Å². The van der Waals surface area contributed by atoms with Crippen molar-refractivity contribution in [2.24, 2.45) is 0 Å². The van der Waals surface area contributed by atoms with Gasteiger partial charge in [-0.05, 0) is 49.2 Å². The van der Waals surface area contributed by atoms with Crippen LogP contribution in [0.2, 0.25) is 10.2 Å². The molecule has 0 spiro atoms. The van der Waals surface area contributed by atoms with E-state index in [1.54, 1.807) is 33.8 Å². The number of halogens is 2. The van der Waals surface area contributed by atoms with Gasteiger partial charge >= 0.3 is 0 Å². The van der Waals surface area contributed by atoms with Crippen LogP contribution in [0.3, 0.4) is 0 Å². The van der Waals surface area contributed by atoms with Gasteiger partial charge in [-0.2, -0.15) is 4.31 Å². The highest BCUT2D eigenvalue weighted by Crippen LogP contribution is 2.27. The van der Waals surface area contributed by atoms with Crippen molar-refractivity contribution in [2.45, 2.75) is 32.6 Å². The zero-order chi connectivity index (χ0) is 20.4. The van der Waals surface area contributed by atoms with E-state index in [0.717, 1.165) is 11.1 Å². The maximum Gasteiger partial charge on any atom is 0.275 e. The highest BCUT2D eigenvalue weighted by atomic mass is 35.5. The van der Waals surface area contributed by atoms with Crippen molar-refractivity contribution in [3.63, 3.8) is 0 Å². The van der Waals surface area contributed by atoms with Gasteiger partial charge in [0, 0.05) is 18.8 Å². The number of benzene rings is 1. The molecule has 9 heteroatoms. The van der Waals surface area contributed by atoms with Crippen LogP contribution < -0.4 is 5.32 Å². The molecule has 1 N–H and O–H groups in total. The Labute approximate surface area is 169 Å². The number of aromatic nitrogens is 1. The lowest BCUT2D eigenvalue weighted by atomic mass is 10.1. The number of nitrogens with zero attached hydrogens (tertiary/aromatic N) is 2. The molecule has 0 bridgehead atoms. The molecule has 6 nitrogen and oxygen atoms in total. The van der Waals surface area contributed by atoms with Crippen molar-refractivity contribution < 1.29 is 13.2 Å². The van der Waals surface area contributed by atoms with Crippen LogP contribution in [0.25, 0.3) is 0 Å². The number of amides is 1. The van der Waals surface area contributed by atoms with Gasteiger partial charge in [-0.15, -0.1) is 0 Å². The van der Waals surface area contributed by atoms with Crippen LogP contribution in [-0.4, -0.2) is 36.7 Å². The second-order valence-corrected chi connectivity index (χ2v) is 8.65. The molecule has 0 radical (unpaired) electrons. The highest BCUT2D eigenvalue weighted by Gasteiger charge is 2.24. The molecule has 0 aliphatic rings. The number of sulfonamides is 1. The van der Waals surface area contributed by atoms with Gasteiger partial charge in [-0.1, -0.05) is 37.0 Å². The van der Waals surface area contributed by atoms with E-state index in [2.05, 4.69) is 10.3 Å². The smallest absolute Gasteiger partial charge is 0.275 e. The number of rotatable bonds is 6. The Morgan fingerprint density at radius 3 is 2.37 bits per heavy atom. The van der Waals surface area contributed by atoms with Crippen LogP contribution in [0.4, 0.5) is 5.69 Å². The maximum atomic E-state index is 12.8. The first-order chi connectivity index (χ1) is 12.6. The zero-order valence-electron chi connectivity index (χ0n) is 15.5. The van der Waals surface area contributed by atoms with E-state index in [1.165, 1.54) is 22.5 Å². The third kappa shape index (κ3) is 4.60. The van der Waals surface area contributed by atoms with Crippen molar-refractivity contribution >= 4 is 44.8 Å². The molecular formula is C18H21Cl2N3O3S. The Bertz CT molecular complexity index is 974. The number of hydrogen-bond acceptors (Lipinski definition) is 4. The maximum absolute atomic E-state index is 12.8. The van der Waals surface area contributed by atoms with Crippen LogP contribution in [0, 0.1) is 13.8 Å². The Morgan fingerprint density at radius 1 is 1.15 bits per heavy atom. The average Bonchev–Trinajstić information content (AvgIpc) is 2.61. The van der Waals surface area contributed by atoms with Gasteiger partial charge in [0.05, 0.1) is 9.92 Å². The highest BCUT2D eigenvalue weighted by molar-refractivity contribution is 7.89. The largest absolute Gasteiger partial charge is 0.320 e. The number of anilines is 1. The zero-order valence-corrected chi connectivity index (χ0v) is 17.8. The SMILES string of the molecule is CCN(CC)S(=O)(=O)c1cc(C)c(C)c(NC(=O)c2nc(Cl)ccc2Cl)c1. The fourth-order valence-electron chi connectivity index (χ4n) is 2.58. The van der Waals surface area contributed by atoms with Crippen LogP contribution in [0.1, 0.15) is 35.5 Å². The van der Waals surface area contributed by atoms with E-state index >= 15 is 0 Å². The molecule has 1 amide bonds. The molecule has 146 valence electrons. The molecule has 1 aromatic heterocycles. The second-order valence-electron chi connectivity index (χ2n) is 5.92. The van der Waals surface area contributed by atoms with Crippen molar-refractivity contribution in [1.29, 1.82) is 0 Å². The molecular weight excluding hydrogens is 409 g/mol. The van der Waals surface area contributed by atoms with Gasteiger partial charge in [0.25, 0.3) is 5.91 Å². The van der Waals surface area contributed by atoms with Crippen molar-refractivity contribution in [1.82, 2.24) is 9.29 Å². The lowest BCUT2D eigenvalue weighted by Crippen LogP contribution is -2.30. The number of carbonyl (C=O) groups is 1. The van der Waals surface area contributed by atoms with E-state index in [9.17, 15) is 13.2 Å². The number of carbonyl (C=O) groups excluding carboxylic acids is 1. The molecule has 1 aromatic carbocycles. The van der Waals surface area contributed by atoms with E-state index in [4.69, 9.17) is 23.2 Å². The summed E-state index contributed by atoms with van der Waals surface area (Å²) in [6.07, 6.45) is 0. The molecule has 0 aliphatic heterocycles. The third-order valence-electron chi connectivity index (χ3n) is 4.26. The lowest BCUT2D eigenvalue weighted by molar-refractivity contribution is 0.102. The van der Waals surface area contributed by atoms with Gasteiger partial charge in [0.2, 0.25) is 10.0 Å². The van der Waals surface area contributed by atoms with E-state index in [-0.39, 0.29) is 20.8 Å². The summed E-state index contributed by atoms with van der Waals surface area (Å²) in [5, 5.41) is 2.98. The molecule has 0 atom stereocenters. The van der Waals surface area contributed by atoms with Crippen LogP contribution in [0.5, 0.6) is 0 Å². The minimum atomic E-state index is -3.66. The van der Waals surface area contributed by atoms with Gasteiger partial charge in [-0.3, -0.25) is 4.79 Å². The van der Waals surface area contributed by atoms with Crippen molar-refractivity contribution in [2.75, 3.05) is 18.4 Å².